The van der Waals surface area contributed by atoms with Gasteiger partial charge in [0.1, 0.15) is 5.82 Å². The zero-order valence-corrected chi connectivity index (χ0v) is 9.05. The Morgan fingerprint density at radius 2 is 2.38 bits per heavy atom. The van der Waals surface area contributed by atoms with Crippen molar-refractivity contribution in [3.05, 3.63) is 41.3 Å². The molecule has 0 spiro atoms. The van der Waals surface area contributed by atoms with E-state index >= 15 is 0 Å². The number of H-pyrrole nitrogens is 1. The molecule has 0 amide bonds. The van der Waals surface area contributed by atoms with Gasteiger partial charge in [0.15, 0.2) is 0 Å². The highest BCUT2D eigenvalue weighted by Gasteiger charge is 2.02. The molecule has 1 aromatic heterocycles. The summed E-state index contributed by atoms with van der Waals surface area (Å²) in [5.74, 6) is 0.305. The van der Waals surface area contributed by atoms with E-state index in [-0.39, 0.29) is 0 Å². The summed E-state index contributed by atoms with van der Waals surface area (Å²) in [4.78, 5) is 3.04. The molecule has 0 unspecified atom stereocenters. The van der Waals surface area contributed by atoms with Crippen LogP contribution >= 0.6 is 11.6 Å². The van der Waals surface area contributed by atoms with Crippen molar-refractivity contribution in [3.63, 3.8) is 0 Å². The number of fused-ring (bicyclic) bond motifs is 1. The van der Waals surface area contributed by atoms with Crippen molar-refractivity contribution in [1.29, 1.82) is 5.26 Å². The van der Waals surface area contributed by atoms with Crippen molar-refractivity contribution < 1.29 is 0 Å². The number of nitrogens with two attached hydrogens (primary N) is 1. The minimum absolute atomic E-state index is 0.305. The van der Waals surface area contributed by atoms with Gasteiger partial charge in [0.25, 0.3) is 0 Å². The van der Waals surface area contributed by atoms with Crippen LogP contribution in [0.25, 0.3) is 10.9 Å². The Labute approximate surface area is 97.3 Å². The fourth-order valence-electron chi connectivity index (χ4n) is 1.44. The van der Waals surface area contributed by atoms with E-state index in [0.717, 1.165) is 16.6 Å². The Bertz CT molecular complexity index is 592. The lowest BCUT2D eigenvalue weighted by molar-refractivity contribution is 1.31. The second-order valence-electron chi connectivity index (χ2n) is 3.25. The number of hydrogen-bond donors (Lipinski definition) is 3. The monoisotopic (exact) mass is 232 g/mol. The molecule has 0 saturated carbocycles. The van der Waals surface area contributed by atoms with Crippen LogP contribution in [-0.2, 0) is 0 Å². The van der Waals surface area contributed by atoms with E-state index in [2.05, 4.69) is 10.3 Å². The quantitative estimate of drug-likeness (QED) is 0.697. The van der Waals surface area contributed by atoms with Crippen LogP contribution < -0.4 is 11.1 Å². The van der Waals surface area contributed by atoms with Crippen molar-refractivity contribution >= 4 is 28.2 Å². The Hall–Kier alpha value is -2.12. The van der Waals surface area contributed by atoms with E-state index in [0.29, 0.717) is 10.8 Å². The van der Waals surface area contributed by atoms with Gasteiger partial charge in [-0.25, -0.2) is 0 Å². The number of halogens is 1. The topological polar surface area (TPSA) is 77.6 Å². The van der Waals surface area contributed by atoms with E-state index in [9.17, 15) is 0 Å². The summed E-state index contributed by atoms with van der Waals surface area (Å²) < 4.78 is 0. The summed E-state index contributed by atoms with van der Waals surface area (Å²) >= 11 is 5.95. The number of aromatic amines is 1. The fraction of sp³-hybridized carbons (Fsp3) is 0. The highest BCUT2D eigenvalue weighted by atomic mass is 35.5. The van der Waals surface area contributed by atoms with E-state index < -0.39 is 0 Å². The molecular formula is C11H9ClN4. The third-order valence-corrected chi connectivity index (χ3v) is 2.45. The van der Waals surface area contributed by atoms with Gasteiger partial charge in [0, 0.05) is 22.8 Å². The lowest BCUT2D eigenvalue weighted by Crippen LogP contribution is -2.08. The molecule has 2 aromatic rings. The van der Waals surface area contributed by atoms with Crippen LogP contribution in [0.1, 0.15) is 0 Å². The second-order valence-corrected chi connectivity index (χ2v) is 3.66. The molecule has 1 aromatic carbocycles. The Morgan fingerprint density at radius 1 is 1.56 bits per heavy atom. The van der Waals surface area contributed by atoms with Crippen LogP contribution in [0.5, 0.6) is 0 Å². The number of nitrogens with zero attached hydrogens (tertiary/aromatic N) is 1. The Morgan fingerprint density at radius 3 is 3.12 bits per heavy atom. The number of allylic oxidation sites excluding steroid dienone is 1. The van der Waals surface area contributed by atoms with Gasteiger partial charge in [0.2, 0.25) is 0 Å². The second kappa shape index (κ2) is 4.17. The molecular weight excluding hydrogens is 224 g/mol. The Balaban J connectivity index is 2.34. The molecule has 0 atom stereocenters. The maximum atomic E-state index is 8.42. The first kappa shape index (κ1) is 10.4. The van der Waals surface area contributed by atoms with Crippen molar-refractivity contribution in [3.8, 4) is 6.07 Å². The molecule has 0 aliphatic heterocycles. The molecule has 16 heavy (non-hydrogen) atoms. The van der Waals surface area contributed by atoms with Gasteiger partial charge in [-0.2, -0.15) is 5.26 Å². The van der Waals surface area contributed by atoms with Crippen LogP contribution in [0, 0.1) is 11.3 Å². The van der Waals surface area contributed by atoms with Gasteiger partial charge in [-0.1, -0.05) is 11.6 Å². The number of benzene rings is 1. The zero-order valence-electron chi connectivity index (χ0n) is 8.29. The highest BCUT2D eigenvalue weighted by Crippen LogP contribution is 2.25. The summed E-state index contributed by atoms with van der Waals surface area (Å²) in [5, 5.41) is 13.0. The number of nitriles is 1. The average molecular weight is 233 g/mol. The van der Waals surface area contributed by atoms with E-state index in [1.54, 1.807) is 6.20 Å². The first-order chi connectivity index (χ1) is 7.70. The third-order valence-electron chi connectivity index (χ3n) is 2.14. The molecule has 80 valence electrons. The normalized spacial score (nSPS) is 11.4. The van der Waals surface area contributed by atoms with Gasteiger partial charge in [-0.3, -0.25) is 0 Å². The van der Waals surface area contributed by atoms with Crippen LogP contribution in [0.2, 0.25) is 5.02 Å². The van der Waals surface area contributed by atoms with Crippen molar-refractivity contribution in [2.24, 2.45) is 5.73 Å². The number of hydrogen-bond acceptors (Lipinski definition) is 3. The minimum Gasteiger partial charge on any atom is -0.385 e. The maximum absolute atomic E-state index is 8.42. The molecule has 0 aliphatic carbocycles. The lowest BCUT2D eigenvalue weighted by Gasteiger charge is -2.04. The van der Waals surface area contributed by atoms with Gasteiger partial charge in [-0.05, 0) is 18.2 Å². The summed E-state index contributed by atoms with van der Waals surface area (Å²) in [6.45, 7) is 0. The van der Waals surface area contributed by atoms with Gasteiger partial charge >= 0.3 is 0 Å². The molecule has 0 saturated heterocycles. The number of nitrogens with one attached hydrogen (secondary N) is 2. The number of aromatic nitrogens is 1. The minimum atomic E-state index is 0.305. The largest absolute Gasteiger partial charge is 0.385 e. The summed E-state index contributed by atoms with van der Waals surface area (Å²) in [6.07, 6.45) is 2.97. The van der Waals surface area contributed by atoms with E-state index in [1.807, 2.05) is 24.3 Å². The molecule has 0 bridgehead atoms. The predicted molar refractivity (Wildman–Crippen MR) is 64.8 cm³/mol. The summed E-state index contributed by atoms with van der Waals surface area (Å²) in [7, 11) is 0. The molecule has 2 rings (SSSR count). The van der Waals surface area contributed by atoms with Gasteiger partial charge in [-0.15, -0.1) is 0 Å². The summed E-state index contributed by atoms with van der Waals surface area (Å²) in [5.41, 5.74) is 7.27. The van der Waals surface area contributed by atoms with Crippen LogP contribution in [0.4, 0.5) is 5.69 Å². The number of rotatable bonds is 2. The molecule has 0 aliphatic rings. The SMILES string of the molecule is N#C/C=C(\N)Nc1ccc2c(Cl)c[nH]c2c1. The van der Waals surface area contributed by atoms with Crippen LogP contribution in [0.3, 0.4) is 0 Å². The van der Waals surface area contributed by atoms with Crippen LogP contribution in [-0.4, -0.2) is 4.98 Å². The standard InChI is InChI=1S/C11H9ClN4/c12-9-6-15-10-5-7(1-2-8(9)10)16-11(14)3-4-13/h1-3,5-6,15-16H,14H2/b11-3+. The third kappa shape index (κ3) is 1.95. The maximum Gasteiger partial charge on any atom is 0.111 e. The molecule has 5 heteroatoms. The van der Waals surface area contributed by atoms with Crippen molar-refractivity contribution in [1.82, 2.24) is 4.98 Å². The first-order valence-electron chi connectivity index (χ1n) is 4.59. The van der Waals surface area contributed by atoms with E-state index in [1.165, 1.54) is 6.08 Å². The van der Waals surface area contributed by atoms with Gasteiger partial charge in [0.05, 0.1) is 17.2 Å². The predicted octanol–water partition coefficient (Wildman–Crippen LogP) is 2.56. The fourth-order valence-corrected chi connectivity index (χ4v) is 1.66. The highest BCUT2D eigenvalue weighted by molar-refractivity contribution is 6.35. The number of anilines is 1. The first-order valence-corrected chi connectivity index (χ1v) is 4.97. The molecule has 4 nitrogen and oxygen atoms in total. The summed E-state index contributed by atoms with van der Waals surface area (Å²) in [6, 6.07) is 7.46. The van der Waals surface area contributed by atoms with Gasteiger partial charge < -0.3 is 16.0 Å². The van der Waals surface area contributed by atoms with E-state index in [4.69, 9.17) is 22.6 Å². The zero-order chi connectivity index (χ0) is 11.5. The lowest BCUT2D eigenvalue weighted by atomic mass is 10.2. The molecule has 1 heterocycles. The Kier molecular flexibility index (Phi) is 2.71. The molecule has 0 radical (unpaired) electrons. The molecule has 4 N–H and O–H groups in total. The van der Waals surface area contributed by atoms with Crippen molar-refractivity contribution in [2.45, 2.75) is 0 Å². The smallest absolute Gasteiger partial charge is 0.111 e. The van der Waals surface area contributed by atoms with Crippen molar-refractivity contribution in [2.75, 3.05) is 5.32 Å². The van der Waals surface area contributed by atoms with Crippen LogP contribution in [0.15, 0.2) is 36.3 Å². The average Bonchev–Trinajstić information content (AvgIpc) is 2.60. The molecule has 0 fully saturated rings.